The van der Waals surface area contributed by atoms with Gasteiger partial charge in [0.2, 0.25) is 10.0 Å². The smallest absolute Gasteiger partial charge is 0.240 e. The summed E-state index contributed by atoms with van der Waals surface area (Å²) in [5.74, 6) is 0.725. The van der Waals surface area contributed by atoms with E-state index in [2.05, 4.69) is 10.0 Å². The third-order valence-electron chi connectivity index (χ3n) is 4.40. The molecule has 0 atom stereocenters. The molecule has 0 radical (unpaired) electrons. The summed E-state index contributed by atoms with van der Waals surface area (Å²) >= 11 is 0. The first-order chi connectivity index (χ1) is 9.65. The molecule has 0 saturated heterocycles. The molecule has 1 aromatic carbocycles. The molecule has 1 fully saturated rings. The standard InChI is InChI=1S/C15H22N2O2S/c18-20(19,17-10-8-12-3-1-4-12)14-7-6-13-5-2-9-16-15(13)11-14/h6-7,11-12,16-17H,1-5,8-10H2. The fourth-order valence-electron chi connectivity index (χ4n) is 2.87. The first kappa shape index (κ1) is 13.9. The van der Waals surface area contributed by atoms with Crippen LogP contribution in [0.5, 0.6) is 0 Å². The van der Waals surface area contributed by atoms with Crippen molar-refractivity contribution in [3.05, 3.63) is 23.8 Å². The van der Waals surface area contributed by atoms with Crippen molar-refractivity contribution in [2.45, 2.75) is 43.4 Å². The summed E-state index contributed by atoms with van der Waals surface area (Å²) in [6.45, 7) is 1.48. The topological polar surface area (TPSA) is 58.2 Å². The maximum atomic E-state index is 12.3. The van der Waals surface area contributed by atoms with Gasteiger partial charge in [-0.1, -0.05) is 25.3 Å². The minimum Gasteiger partial charge on any atom is -0.385 e. The minimum absolute atomic E-state index is 0.374. The lowest BCUT2D eigenvalue weighted by molar-refractivity contribution is 0.297. The molecular weight excluding hydrogens is 272 g/mol. The number of rotatable bonds is 5. The lowest BCUT2D eigenvalue weighted by atomic mass is 9.83. The van der Waals surface area contributed by atoms with Crippen LogP contribution in [0.1, 0.15) is 37.7 Å². The van der Waals surface area contributed by atoms with E-state index in [1.54, 1.807) is 12.1 Å². The molecule has 1 aliphatic heterocycles. The Balaban J connectivity index is 1.66. The van der Waals surface area contributed by atoms with Gasteiger partial charge in [-0.15, -0.1) is 0 Å². The predicted octanol–water partition coefficient (Wildman–Crippen LogP) is 2.51. The molecule has 1 saturated carbocycles. The molecule has 0 spiro atoms. The van der Waals surface area contributed by atoms with Crippen molar-refractivity contribution in [3.63, 3.8) is 0 Å². The van der Waals surface area contributed by atoms with E-state index in [9.17, 15) is 8.42 Å². The molecule has 1 aromatic rings. The van der Waals surface area contributed by atoms with Crippen LogP contribution in [0.2, 0.25) is 0 Å². The normalized spacial score (nSPS) is 19.0. The largest absolute Gasteiger partial charge is 0.385 e. The highest BCUT2D eigenvalue weighted by molar-refractivity contribution is 7.89. The molecule has 3 rings (SSSR count). The van der Waals surface area contributed by atoms with Gasteiger partial charge >= 0.3 is 0 Å². The van der Waals surface area contributed by atoms with E-state index in [1.807, 2.05) is 6.07 Å². The van der Waals surface area contributed by atoms with E-state index in [-0.39, 0.29) is 0 Å². The van der Waals surface area contributed by atoms with Crippen LogP contribution in [0.25, 0.3) is 0 Å². The highest BCUT2D eigenvalue weighted by Crippen LogP contribution is 2.29. The zero-order valence-electron chi connectivity index (χ0n) is 11.7. The molecule has 4 nitrogen and oxygen atoms in total. The fourth-order valence-corrected chi connectivity index (χ4v) is 3.94. The van der Waals surface area contributed by atoms with Gasteiger partial charge in [0.25, 0.3) is 0 Å². The molecule has 2 aliphatic rings. The third-order valence-corrected chi connectivity index (χ3v) is 5.86. The second-order valence-electron chi connectivity index (χ2n) is 5.83. The summed E-state index contributed by atoms with van der Waals surface area (Å²) in [6, 6.07) is 5.42. The SMILES string of the molecule is O=S(=O)(NCCC1CCC1)c1ccc2c(c1)NCCC2. The van der Waals surface area contributed by atoms with Crippen LogP contribution in [0, 0.1) is 5.92 Å². The molecule has 1 heterocycles. The Bertz CT molecular complexity index is 580. The van der Waals surface area contributed by atoms with Gasteiger partial charge in [-0.05, 0) is 42.9 Å². The van der Waals surface area contributed by atoms with Crippen LogP contribution in [-0.4, -0.2) is 21.5 Å². The monoisotopic (exact) mass is 294 g/mol. The lowest BCUT2D eigenvalue weighted by Crippen LogP contribution is -2.27. The summed E-state index contributed by atoms with van der Waals surface area (Å²) in [7, 11) is -3.36. The minimum atomic E-state index is -3.36. The van der Waals surface area contributed by atoms with Crippen LogP contribution >= 0.6 is 0 Å². The van der Waals surface area contributed by atoms with E-state index in [0.29, 0.717) is 11.4 Å². The van der Waals surface area contributed by atoms with Gasteiger partial charge in [-0.2, -0.15) is 0 Å². The Hall–Kier alpha value is -1.07. The number of fused-ring (bicyclic) bond motifs is 1. The molecule has 1 aliphatic carbocycles. The summed E-state index contributed by atoms with van der Waals surface area (Å²) in [6.07, 6.45) is 6.90. The van der Waals surface area contributed by atoms with E-state index in [4.69, 9.17) is 0 Å². The van der Waals surface area contributed by atoms with Crippen molar-refractivity contribution < 1.29 is 8.42 Å². The molecular formula is C15H22N2O2S. The van der Waals surface area contributed by atoms with Crippen molar-refractivity contribution >= 4 is 15.7 Å². The maximum absolute atomic E-state index is 12.3. The Kier molecular flexibility index (Phi) is 3.98. The number of sulfonamides is 1. The lowest BCUT2D eigenvalue weighted by Gasteiger charge is -2.25. The van der Waals surface area contributed by atoms with Crippen LogP contribution in [0.15, 0.2) is 23.1 Å². The quantitative estimate of drug-likeness (QED) is 0.877. The molecule has 110 valence electrons. The fraction of sp³-hybridized carbons (Fsp3) is 0.600. The Morgan fingerprint density at radius 1 is 1.25 bits per heavy atom. The highest BCUT2D eigenvalue weighted by Gasteiger charge is 2.20. The zero-order chi connectivity index (χ0) is 14.0. The number of anilines is 1. The van der Waals surface area contributed by atoms with E-state index in [1.165, 1.54) is 24.8 Å². The Morgan fingerprint density at radius 3 is 2.85 bits per heavy atom. The molecule has 0 amide bonds. The maximum Gasteiger partial charge on any atom is 0.240 e. The van der Waals surface area contributed by atoms with E-state index < -0.39 is 10.0 Å². The average Bonchev–Trinajstić information content (AvgIpc) is 2.41. The van der Waals surface area contributed by atoms with Crippen molar-refractivity contribution in [2.75, 3.05) is 18.4 Å². The number of aryl methyl sites for hydroxylation is 1. The second kappa shape index (κ2) is 5.74. The first-order valence-corrected chi connectivity index (χ1v) is 9.00. The molecule has 0 unspecified atom stereocenters. The Labute approximate surface area is 121 Å². The number of hydrogen-bond donors (Lipinski definition) is 2. The summed E-state index contributed by atoms with van der Waals surface area (Å²) < 4.78 is 27.3. The zero-order valence-corrected chi connectivity index (χ0v) is 12.5. The van der Waals surface area contributed by atoms with Crippen molar-refractivity contribution in [1.29, 1.82) is 0 Å². The van der Waals surface area contributed by atoms with Gasteiger partial charge < -0.3 is 5.32 Å². The first-order valence-electron chi connectivity index (χ1n) is 7.52. The van der Waals surface area contributed by atoms with Crippen LogP contribution in [0.4, 0.5) is 5.69 Å². The van der Waals surface area contributed by atoms with E-state index >= 15 is 0 Å². The van der Waals surface area contributed by atoms with Gasteiger partial charge in [0, 0.05) is 18.8 Å². The third kappa shape index (κ3) is 2.99. The number of nitrogens with one attached hydrogen (secondary N) is 2. The predicted molar refractivity (Wildman–Crippen MR) is 80.4 cm³/mol. The van der Waals surface area contributed by atoms with Gasteiger partial charge in [0.15, 0.2) is 0 Å². The summed E-state index contributed by atoms with van der Waals surface area (Å²) in [5, 5.41) is 3.28. The summed E-state index contributed by atoms with van der Waals surface area (Å²) in [5.41, 5.74) is 2.18. The van der Waals surface area contributed by atoms with Crippen molar-refractivity contribution in [1.82, 2.24) is 4.72 Å². The van der Waals surface area contributed by atoms with Crippen LogP contribution in [0.3, 0.4) is 0 Å². The molecule has 0 bridgehead atoms. The van der Waals surface area contributed by atoms with Crippen LogP contribution < -0.4 is 10.0 Å². The van der Waals surface area contributed by atoms with Crippen molar-refractivity contribution in [2.24, 2.45) is 5.92 Å². The van der Waals surface area contributed by atoms with E-state index in [0.717, 1.165) is 37.4 Å². The Morgan fingerprint density at radius 2 is 2.10 bits per heavy atom. The van der Waals surface area contributed by atoms with Crippen LogP contribution in [-0.2, 0) is 16.4 Å². The number of benzene rings is 1. The molecule has 20 heavy (non-hydrogen) atoms. The average molecular weight is 294 g/mol. The van der Waals surface area contributed by atoms with Gasteiger partial charge in [-0.25, -0.2) is 13.1 Å². The van der Waals surface area contributed by atoms with Gasteiger partial charge in [0.1, 0.15) is 0 Å². The molecule has 2 N–H and O–H groups in total. The molecule has 0 aromatic heterocycles. The van der Waals surface area contributed by atoms with Gasteiger partial charge in [-0.3, -0.25) is 0 Å². The van der Waals surface area contributed by atoms with Gasteiger partial charge in [0.05, 0.1) is 4.90 Å². The second-order valence-corrected chi connectivity index (χ2v) is 7.60. The van der Waals surface area contributed by atoms with Crippen molar-refractivity contribution in [3.8, 4) is 0 Å². The summed E-state index contributed by atoms with van der Waals surface area (Å²) in [4.78, 5) is 0.374. The highest BCUT2D eigenvalue weighted by atomic mass is 32.2. The molecule has 5 heteroatoms. The number of hydrogen-bond acceptors (Lipinski definition) is 3.